The van der Waals surface area contributed by atoms with E-state index in [2.05, 4.69) is 27.9 Å². The predicted molar refractivity (Wildman–Crippen MR) is 136 cm³/mol. The first-order valence-corrected chi connectivity index (χ1v) is 11.2. The van der Waals surface area contributed by atoms with E-state index < -0.39 is 5.60 Å². The van der Waals surface area contributed by atoms with Gasteiger partial charge in [-0.15, -0.1) is 0 Å². The SMILES string of the molecule is Cc1ccc(C#CC(O)(c2ccc(C#N)c(-c3cccc4ccccc34)c2)c2cncn2C)cn1. The molecule has 0 saturated carbocycles. The topological polar surface area (TPSA) is 74.7 Å². The number of aryl methyl sites for hydroxylation is 2. The summed E-state index contributed by atoms with van der Waals surface area (Å²) in [6, 6.07) is 25.5. The highest BCUT2D eigenvalue weighted by molar-refractivity contribution is 5.98. The van der Waals surface area contributed by atoms with Crippen molar-refractivity contribution in [3.8, 4) is 29.0 Å². The van der Waals surface area contributed by atoms with E-state index in [1.165, 1.54) is 0 Å². The van der Waals surface area contributed by atoms with E-state index in [0.29, 0.717) is 22.4 Å². The molecule has 0 bridgehead atoms. The fourth-order valence-corrected chi connectivity index (χ4v) is 4.24. The summed E-state index contributed by atoms with van der Waals surface area (Å²) < 4.78 is 1.75. The van der Waals surface area contributed by atoms with E-state index in [4.69, 9.17) is 0 Å². The lowest BCUT2D eigenvalue weighted by atomic mass is 9.86. The third-order valence-electron chi connectivity index (χ3n) is 6.12. The zero-order chi connectivity index (χ0) is 24.4. The standard InChI is InChI=1S/C30H22N4O/c1-21-10-11-22(18-33-21)14-15-30(35,29-19-32-20-34(29)2)25-13-12-24(17-31)28(16-25)27-9-5-7-23-6-3-4-8-26(23)27/h3-13,16,18-20,35H,1-2H3. The normalized spacial score (nSPS) is 12.4. The third kappa shape index (κ3) is 4.06. The number of aromatic nitrogens is 3. The summed E-state index contributed by atoms with van der Waals surface area (Å²) >= 11 is 0. The molecule has 168 valence electrons. The van der Waals surface area contributed by atoms with E-state index in [9.17, 15) is 10.4 Å². The molecule has 5 nitrogen and oxygen atoms in total. The summed E-state index contributed by atoms with van der Waals surface area (Å²) in [7, 11) is 1.82. The zero-order valence-corrected chi connectivity index (χ0v) is 19.4. The van der Waals surface area contributed by atoms with E-state index in [-0.39, 0.29) is 0 Å². The molecule has 0 aliphatic carbocycles. The van der Waals surface area contributed by atoms with Crippen molar-refractivity contribution >= 4 is 10.8 Å². The van der Waals surface area contributed by atoms with Gasteiger partial charge in [-0.25, -0.2) is 4.98 Å². The molecular formula is C30H22N4O. The number of fused-ring (bicyclic) bond motifs is 1. The minimum Gasteiger partial charge on any atom is -0.368 e. The Hall–Kier alpha value is -4.71. The quantitative estimate of drug-likeness (QED) is 0.385. The number of nitrogens with zero attached hydrogens (tertiary/aromatic N) is 4. The maximum absolute atomic E-state index is 12.1. The van der Waals surface area contributed by atoms with Crippen LogP contribution >= 0.6 is 0 Å². The Balaban J connectivity index is 1.73. The van der Waals surface area contributed by atoms with Gasteiger partial charge in [-0.2, -0.15) is 5.26 Å². The van der Waals surface area contributed by atoms with Gasteiger partial charge in [0.05, 0.1) is 29.9 Å². The van der Waals surface area contributed by atoms with Gasteiger partial charge in [0.15, 0.2) is 5.60 Å². The van der Waals surface area contributed by atoms with Crippen molar-refractivity contribution in [2.75, 3.05) is 0 Å². The van der Waals surface area contributed by atoms with Crippen molar-refractivity contribution in [1.29, 1.82) is 5.26 Å². The maximum Gasteiger partial charge on any atom is 0.194 e. The van der Waals surface area contributed by atoms with Crippen molar-refractivity contribution < 1.29 is 5.11 Å². The smallest absolute Gasteiger partial charge is 0.194 e. The number of imidazole rings is 1. The van der Waals surface area contributed by atoms with Crippen molar-refractivity contribution in [3.63, 3.8) is 0 Å². The van der Waals surface area contributed by atoms with Crippen LogP contribution in [0.5, 0.6) is 0 Å². The summed E-state index contributed by atoms with van der Waals surface area (Å²) in [5.41, 5.74) is 3.18. The second-order valence-corrected chi connectivity index (χ2v) is 8.44. The van der Waals surface area contributed by atoms with Crippen LogP contribution in [0.3, 0.4) is 0 Å². The second kappa shape index (κ2) is 8.91. The zero-order valence-electron chi connectivity index (χ0n) is 19.4. The monoisotopic (exact) mass is 454 g/mol. The Morgan fingerprint density at radius 1 is 0.943 bits per heavy atom. The highest BCUT2D eigenvalue weighted by Gasteiger charge is 2.33. The summed E-state index contributed by atoms with van der Waals surface area (Å²) in [5, 5.41) is 24.0. The molecule has 0 aliphatic heterocycles. The lowest BCUT2D eigenvalue weighted by molar-refractivity contribution is 0.137. The molecule has 1 atom stereocenters. The number of aliphatic hydroxyl groups is 1. The highest BCUT2D eigenvalue weighted by Crippen LogP contribution is 2.36. The lowest BCUT2D eigenvalue weighted by Crippen LogP contribution is -2.28. The van der Waals surface area contributed by atoms with E-state index >= 15 is 0 Å². The number of pyridine rings is 1. The highest BCUT2D eigenvalue weighted by atomic mass is 16.3. The fraction of sp³-hybridized carbons (Fsp3) is 0.100. The summed E-state index contributed by atoms with van der Waals surface area (Å²) in [4.78, 5) is 8.51. The molecular weight excluding hydrogens is 432 g/mol. The molecule has 1 N–H and O–H groups in total. The summed E-state index contributed by atoms with van der Waals surface area (Å²) in [6.07, 6.45) is 4.93. The van der Waals surface area contributed by atoms with Crippen LogP contribution in [0.25, 0.3) is 21.9 Å². The van der Waals surface area contributed by atoms with Crippen LogP contribution in [0.2, 0.25) is 0 Å². The minimum absolute atomic E-state index is 0.521. The second-order valence-electron chi connectivity index (χ2n) is 8.44. The minimum atomic E-state index is -1.66. The molecule has 0 amide bonds. The molecule has 5 heteroatoms. The molecule has 0 fully saturated rings. The number of hydrogen-bond acceptors (Lipinski definition) is 4. The molecule has 5 rings (SSSR count). The molecule has 35 heavy (non-hydrogen) atoms. The summed E-state index contributed by atoms with van der Waals surface area (Å²) in [6.45, 7) is 1.91. The maximum atomic E-state index is 12.1. The van der Waals surface area contributed by atoms with Gasteiger partial charge in [-0.1, -0.05) is 60.4 Å². The first kappa shape index (κ1) is 22.1. The number of hydrogen-bond donors (Lipinski definition) is 1. The molecule has 3 aromatic carbocycles. The van der Waals surface area contributed by atoms with Crippen LogP contribution in [-0.4, -0.2) is 19.6 Å². The van der Waals surface area contributed by atoms with Crippen molar-refractivity contribution in [3.05, 3.63) is 120 Å². The Morgan fingerprint density at radius 2 is 1.77 bits per heavy atom. The third-order valence-corrected chi connectivity index (χ3v) is 6.12. The average molecular weight is 455 g/mol. The van der Waals surface area contributed by atoms with Gasteiger partial charge in [0.2, 0.25) is 0 Å². The van der Waals surface area contributed by atoms with E-state index in [1.54, 1.807) is 35.4 Å². The average Bonchev–Trinajstić information content (AvgIpc) is 3.34. The van der Waals surface area contributed by atoms with Gasteiger partial charge in [0.1, 0.15) is 0 Å². The summed E-state index contributed by atoms with van der Waals surface area (Å²) in [5.74, 6) is 6.14. The van der Waals surface area contributed by atoms with Crippen molar-refractivity contribution in [2.45, 2.75) is 12.5 Å². The van der Waals surface area contributed by atoms with Gasteiger partial charge in [-0.3, -0.25) is 4.98 Å². The van der Waals surface area contributed by atoms with Crippen LogP contribution in [0, 0.1) is 30.1 Å². The molecule has 0 aliphatic rings. The predicted octanol–water partition coefficient (Wildman–Crippen LogP) is 5.10. The lowest BCUT2D eigenvalue weighted by Gasteiger charge is -2.24. The Kier molecular flexibility index (Phi) is 5.63. The number of benzene rings is 3. The van der Waals surface area contributed by atoms with E-state index in [0.717, 1.165) is 27.6 Å². The van der Waals surface area contributed by atoms with Crippen LogP contribution < -0.4 is 0 Å². The molecule has 0 radical (unpaired) electrons. The molecule has 0 spiro atoms. The molecule has 1 unspecified atom stereocenters. The molecule has 5 aromatic rings. The van der Waals surface area contributed by atoms with Gasteiger partial charge >= 0.3 is 0 Å². The van der Waals surface area contributed by atoms with Gasteiger partial charge in [-0.05, 0) is 47.5 Å². The Labute approximate surface area is 204 Å². The van der Waals surface area contributed by atoms with Gasteiger partial charge < -0.3 is 9.67 Å². The van der Waals surface area contributed by atoms with Crippen LogP contribution in [0.1, 0.15) is 28.1 Å². The van der Waals surface area contributed by atoms with Crippen LogP contribution in [0.15, 0.2) is 91.5 Å². The van der Waals surface area contributed by atoms with Gasteiger partial charge in [0, 0.05) is 35.6 Å². The van der Waals surface area contributed by atoms with Crippen molar-refractivity contribution in [1.82, 2.24) is 14.5 Å². The van der Waals surface area contributed by atoms with Crippen LogP contribution in [-0.2, 0) is 12.6 Å². The molecule has 2 aromatic heterocycles. The fourth-order valence-electron chi connectivity index (χ4n) is 4.24. The Morgan fingerprint density at radius 3 is 2.51 bits per heavy atom. The number of rotatable bonds is 3. The first-order chi connectivity index (χ1) is 17.0. The first-order valence-electron chi connectivity index (χ1n) is 11.2. The van der Waals surface area contributed by atoms with E-state index in [1.807, 2.05) is 74.6 Å². The molecule has 2 heterocycles. The Bertz CT molecular complexity index is 1640. The van der Waals surface area contributed by atoms with Gasteiger partial charge in [0.25, 0.3) is 0 Å². The van der Waals surface area contributed by atoms with Crippen LogP contribution in [0.4, 0.5) is 0 Å². The van der Waals surface area contributed by atoms with Crippen molar-refractivity contribution in [2.24, 2.45) is 7.05 Å². The molecule has 0 saturated heterocycles. The number of nitriles is 1. The largest absolute Gasteiger partial charge is 0.368 e.